The lowest BCUT2D eigenvalue weighted by molar-refractivity contribution is 0.582. The third-order valence-electron chi connectivity index (χ3n) is 1.87. The summed E-state index contributed by atoms with van der Waals surface area (Å²) in [5, 5.41) is 0. The van der Waals surface area contributed by atoms with Gasteiger partial charge in [-0.1, -0.05) is 0 Å². The first-order valence-corrected chi connectivity index (χ1v) is 8.58. The van der Waals surface area contributed by atoms with Crippen molar-refractivity contribution in [1.82, 2.24) is 4.72 Å². The Labute approximate surface area is 110 Å². The summed E-state index contributed by atoms with van der Waals surface area (Å²) >= 11 is 2.98. The average molecular weight is 344 g/mol. The molecule has 0 aliphatic carbocycles. The van der Waals surface area contributed by atoms with E-state index in [1.165, 1.54) is 12.3 Å². The normalized spacial score (nSPS) is 13.6. The van der Waals surface area contributed by atoms with Crippen molar-refractivity contribution in [1.29, 1.82) is 0 Å². The zero-order valence-corrected chi connectivity index (χ0v) is 12.2. The van der Waals surface area contributed by atoms with Gasteiger partial charge >= 0.3 is 0 Å². The van der Waals surface area contributed by atoms with Gasteiger partial charge in [0.25, 0.3) is 0 Å². The Morgan fingerprint density at radius 2 is 2.12 bits per heavy atom. The first-order valence-electron chi connectivity index (χ1n) is 4.57. The van der Waals surface area contributed by atoms with Crippen molar-refractivity contribution in [2.24, 2.45) is 0 Å². The molecule has 0 heterocycles. The highest BCUT2D eigenvalue weighted by Crippen LogP contribution is 2.22. The topological polar surface area (TPSA) is 63.2 Å². The second-order valence-electron chi connectivity index (χ2n) is 3.25. The minimum atomic E-state index is -3.70. The molecule has 17 heavy (non-hydrogen) atoms. The van der Waals surface area contributed by atoms with Gasteiger partial charge in [-0.25, -0.2) is 17.5 Å². The molecule has 0 bridgehead atoms. The van der Waals surface area contributed by atoms with Gasteiger partial charge in [0.05, 0.1) is 4.90 Å². The Kier molecular flexibility index (Phi) is 5.23. The number of hydrogen-bond donors (Lipinski definition) is 1. The Bertz CT molecular complexity index is 533. The molecule has 0 saturated heterocycles. The van der Waals surface area contributed by atoms with Gasteiger partial charge in [-0.15, -0.1) is 0 Å². The fourth-order valence-corrected chi connectivity index (χ4v) is 3.69. The van der Waals surface area contributed by atoms with Gasteiger partial charge in [-0.3, -0.25) is 4.21 Å². The number of benzene rings is 1. The summed E-state index contributed by atoms with van der Waals surface area (Å²) in [5.41, 5.74) is 0. The lowest BCUT2D eigenvalue weighted by Crippen LogP contribution is -2.28. The van der Waals surface area contributed by atoms with Crippen molar-refractivity contribution in [3.63, 3.8) is 0 Å². The highest BCUT2D eigenvalue weighted by atomic mass is 79.9. The maximum atomic E-state index is 12.8. The number of halogens is 2. The SMILES string of the molecule is CS(=O)CCNS(=O)(=O)c1ccc(F)cc1Br. The minimum Gasteiger partial charge on any atom is -0.260 e. The lowest BCUT2D eigenvalue weighted by atomic mass is 10.3. The molecular formula is C9H11BrFNO3S2. The van der Waals surface area contributed by atoms with E-state index >= 15 is 0 Å². The molecule has 8 heteroatoms. The number of nitrogens with one attached hydrogen (secondary N) is 1. The van der Waals surface area contributed by atoms with Gasteiger partial charge in [0, 0.05) is 33.8 Å². The van der Waals surface area contributed by atoms with Crippen LogP contribution in [-0.4, -0.2) is 31.2 Å². The van der Waals surface area contributed by atoms with Crippen molar-refractivity contribution in [3.05, 3.63) is 28.5 Å². The highest BCUT2D eigenvalue weighted by Gasteiger charge is 2.17. The molecule has 1 rings (SSSR count). The minimum absolute atomic E-state index is 0.0409. The molecule has 96 valence electrons. The van der Waals surface area contributed by atoms with Gasteiger partial charge in [0.15, 0.2) is 0 Å². The van der Waals surface area contributed by atoms with Crippen molar-refractivity contribution < 1.29 is 17.0 Å². The fourth-order valence-electron chi connectivity index (χ4n) is 1.09. The number of sulfonamides is 1. The molecule has 0 spiro atoms. The zero-order valence-electron chi connectivity index (χ0n) is 8.94. The Morgan fingerprint density at radius 3 is 2.65 bits per heavy atom. The second kappa shape index (κ2) is 6.03. The van der Waals surface area contributed by atoms with E-state index in [4.69, 9.17) is 0 Å². The zero-order chi connectivity index (χ0) is 13.1. The van der Waals surface area contributed by atoms with Gasteiger partial charge in [0.1, 0.15) is 5.82 Å². The first kappa shape index (κ1) is 14.7. The van der Waals surface area contributed by atoms with Crippen LogP contribution in [0, 0.1) is 5.82 Å². The third kappa shape index (κ3) is 4.46. The molecule has 1 atom stereocenters. The number of rotatable bonds is 5. The predicted octanol–water partition coefficient (Wildman–Crippen LogP) is 1.24. The molecule has 1 aromatic carbocycles. The van der Waals surface area contributed by atoms with Crippen LogP contribution in [0.25, 0.3) is 0 Å². The summed E-state index contributed by atoms with van der Waals surface area (Å²) in [5.74, 6) is -0.289. The van der Waals surface area contributed by atoms with Crippen LogP contribution in [0.1, 0.15) is 0 Å². The molecule has 0 saturated carbocycles. The van der Waals surface area contributed by atoms with Crippen LogP contribution < -0.4 is 4.72 Å². The van der Waals surface area contributed by atoms with E-state index in [0.717, 1.165) is 12.1 Å². The quantitative estimate of drug-likeness (QED) is 0.874. The van der Waals surface area contributed by atoms with Crippen molar-refractivity contribution in [3.8, 4) is 0 Å². The van der Waals surface area contributed by atoms with E-state index in [1.807, 2.05) is 0 Å². The standard InChI is InChI=1S/C9H11BrFNO3S2/c1-16(13)5-4-12-17(14,15)9-3-2-7(11)6-8(9)10/h2-3,6,12H,4-5H2,1H3. The maximum absolute atomic E-state index is 12.8. The van der Waals surface area contributed by atoms with Crippen LogP contribution in [0.15, 0.2) is 27.6 Å². The van der Waals surface area contributed by atoms with E-state index < -0.39 is 26.6 Å². The smallest absolute Gasteiger partial charge is 0.241 e. The predicted molar refractivity (Wildman–Crippen MR) is 68.2 cm³/mol. The molecule has 4 nitrogen and oxygen atoms in total. The van der Waals surface area contributed by atoms with Crippen molar-refractivity contribution >= 4 is 36.8 Å². The molecule has 0 radical (unpaired) electrons. The Hall–Kier alpha value is -0.310. The van der Waals surface area contributed by atoms with Crippen LogP contribution in [0.4, 0.5) is 4.39 Å². The summed E-state index contributed by atoms with van der Waals surface area (Å²) < 4.78 is 49.6. The van der Waals surface area contributed by atoms with Crippen LogP contribution in [0.5, 0.6) is 0 Å². The van der Waals surface area contributed by atoms with Gasteiger partial charge in [0.2, 0.25) is 10.0 Å². The van der Waals surface area contributed by atoms with Crippen molar-refractivity contribution in [2.75, 3.05) is 18.6 Å². The molecule has 0 aromatic heterocycles. The molecule has 0 aliphatic heterocycles. The molecule has 1 N–H and O–H groups in total. The van der Waals surface area contributed by atoms with Gasteiger partial charge in [-0.05, 0) is 34.1 Å². The molecule has 1 unspecified atom stereocenters. The molecule has 0 aliphatic rings. The van der Waals surface area contributed by atoms with Crippen LogP contribution in [-0.2, 0) is 20.8 Å². The Morgan fingerprint density at radius 1 is 1.47 bits per heavy atom. The largest absolute Gasteiger partial charge is 0.260 e. The average Bonchev–Trinajstić information content (AvgIpc) is 2.15. The second-order valence-corrected chi connectivity index (χ2v) is 7.39. The first-order chi connectivity index (χ1) is 7.83. The van der Waals surface area contributed by atoms with E-state index in [0.29, 0.717) is 0 Å². The fraction of sp³-hybridized carbons (Fsp3) is 0.333. The summed E-state index contributed by atoms with van der Waals surface area (Å²) in [6.07, 6.45) is 1.49. The van der Waals surface area contributed by atoms with E-state index in [-0.39, 0.29) is 21.7 Å². The van der Waals surface area contributed by atoms with Crippen LogP contribution in [0.3, 0.4) is 0 Å². The summed E-state index contributed by atoms with van der Waals surface area (Å²) in [6.45, 7) is 0.0786. The van der Waals surface area contributed by atoms with E-state index in [2.05, 4.69) is 20.7 Å². The van der Waals surface area contributed by atoms with Gasteiger partial charge < -0.3 is 0 Å². The monoisotopic (exact) mass is 343 g/mol. The molecular weight excluding hydrogens is 333 g/mol. The molecule has 0 fully saturated rings. The maximum Gasteiger partial charge on any atom is 0.241 e. The lowest BCUT2D eigenvalue weighted by Gasteiger charge is -2.07. The van der Waals surface area contributed by atoms with Crippen LogP contribution >= 0.6 is 15.9 Å². The van der Waals surface area contributed by atoms with E-state index in [9.17, 15) is 17.0 Å². The van der Waals surface area contributed by atoms with Crippen LogP contribution in [0.2, 0.25) is 0 Å². The highest BCUT2D eigenvalue weighted by molar-refractivity contribution is 9.10. The Balaban J connectivity index is 2.86. The summed E-state index contributed by atoms with van der Waals surface area (Å²) in [6, 6.07) is 3.31. The molecule has 1 aromatic rings. The third-order valence-corrected chi connectivity index (χ3v) is 5.08. The van der Waals surface area contributed by atoms with Crippen molar-refractivity contribution in [2.45, 2.75) is 4.90 Å². The summed E-state index contributed by atoms with van der Waals surface area (Å²) in [4.78, 5) is -0.0409. The van der Waals surface area contributed by atoms with Gasteiger partial charge in [-0.2, -0.15) is 0 Å². The van der Waals surface area contributed by atoms with E-state index in [1.54, 1.807) is 0 Å². The number of hydrogen-bond acceptors (Lipinski definition) is 3. The molecule has 0 amide bonds. The summed E-state index contributed by atoms with van der Waals surface area (Å²) in [7, 11) is -4.77.